The van der Waals surface area contributed by atoms with Gasteiger partial charge in [0.05, 0.1) is 27.7 Å². The molecule has 0 aliphatic heterocycles. The predicted molar refractivity (Wildman–Crippen MR) is 287 cm³/mol. The van der Waals surface area contributed by atoms with Gasteiger partial charge in [-0.1, -0.05) is 237 Å². The molecule has 0 aliphatic rings. The van der Waals surface area contributed by atoms with Gasteiger partial charge < -0.3 is 27.9 Å². The lowest BCUT2D eigenvalue weighted by Gasteiger charge is -2.28. The molecular formula is C58H112NO8P. The Balaban J connectivity index is 3.93. The summed E-state index contributed by atoms with van der Waals surface area (Å²) in [5.41, 5.74) is 0. The molecule has 0 heterocycles. The maximum atomic E-state index is 12.8. The number of rotatable bonds is 54. The molecule has 0 amide bonds. The van der Waals surface area contributed by atoms with Crippen molar-refractivity contribution in [3.8, 4) is 0 Å². The Morgan fingerprint density at radius 1 is 0.441 bits per heavy atom. The minimum atomic E-state index is -4.63. The van der Waals surface area contributed by atoms with Crippen LogP contribution in [0, 0.1) is 0 Å². The zero-order valence-electron chi connectivity index (χ0n) is 45.6. The zero-order chi connectivity index (χ0) is 49.9. The van der Waals surface area contributed by atoms with Crippen molar-refractivity contribution >= 4 is 19.8 Å². The molecular weight excluding hydrogens is 870 g/mol. The van der Waals surface area contributed by atoms with Crippen molar-refractivity contribution in [1.82, 2.24) is 0 Å². The van der Waals surface area contributed by atoms with Gasteiger partial charge in [-0.25, -0.2) is 0 Å². The average Bonchev–Trinajstić information content (AvgIpc) is 3.30. The normalized spacial score (nSPS) is 13.4. The van der Waals surface area contributed by atoms with E-state index in [0.717, 1.165) is 57.8 Å². The molecule has 0 saturated carbocycles. The summed E-state index contributed by atoms with van der Waals surface area (Å²) in [5.74, 6) is -0.833. The second-order valence-corrected chi connectivity index (χ2v) is 22.4. The number of nitrogens with zero attached hydrogens (tertiary/aromatic N) is 1. The number of carbonyl (C=O) groups excluding carboxylic acids is 2. The Labute approximate surface area is 421 Å². The van der Waals surface area contributed by atoms with Gasteiger partial charge in [0, 0.05) is 12.8 Å². The highest BCUT2D eigenvalue weighted by atomic mass is 31.2. The molecule has 10 heteroatoms. The molecule has 402 valence electrons. The highest BCUT2D eigenvalue weighted by molar-refractivity contribution is 7.45. The summed E-state index contributed by atoms with van der Waals surface area (Å²) in [6.45, 7) is 4.22. The number of ether oxygens (including phenoxy) is 2. The SMILES string of the molecule is CCCC/C=C\CCCCCCCC(=O)OCC(COP(=O)([O-])OCC[N+](C)(C)C)OC(=O)CCCCCCCCCCCCCCCCCCCCCCC/C=C\CCCCCCCCCC. The van der Waals surface area contributed by atoms with Crippen LogP contribution in [-0.2, 0) is 32.7 Å². The zero-order valence-corrected chi connectivity index (χ0v) is 46.5. The first-order valence-corrected chi connectivity index (χ1v) is 30.5. The van der Waals surface area contributed by atoms with Gasteiger partial charge >= 0.3 is 11.9 Å². The molecule has 0 aromatic rings. The fourth-order valence-corrected chi connectivity index (χ4v) is 9.13. The van der Waals surface area contributed by atoms with E-state index in [9.17, 15) is 19.0 Å². The molecule has 0 fully saturated rings. The first kappa shape index (κ1) is 66.5. The second kappa shape index (κ2) is 50.4. The Bertz CT molecular complexity index is 1200. The minimum Gasteiger partial charge on any atom is -0.756 e. The largest absolute Gasteiger partial charge is 0.756 e. The van der Waals surface area contributed by atoms with Crippen LogP contribution in [0.3, 0.4) is 0 Å². The number of likely N-dealkylation sites (N-methyl/N-ethyl adjacent to an activating group) is 1. The van der Waals surface area contributed by atoms with Crippen LogP contribution in [0.5, 0.6) is 0 Å². The average molecular weight is 983 g/mol. The van der Waals surface area contributed by atoms with Gasteiger partial charge in [0.2, 0.25) is 0 Å². The first-order chi connectivity index (χ1) is 33.0. The molecule has 2 unspecified atom stereocenters. The molecule has 2 atom stereocenters. The van der Waals surface area contributed by atoms with Crippen molar-refractivity contribution in [2.24, 2.45) is 0 Å². The number of quaternary nitrogens is 1. The van der Waals surface area contributed by atoms with E-state index in [2.05, 4.69) is 38.2 Å². The van der Waals surface area contributed by atoms with E-state index in [0.29, 0.717) is 17.4 Å². The molecule has 0 radical (unpaired) electrons. The Hall–Kier alpha value is -1.51. The van der Waals surface area contributed by atoms with Gasteiger partial charge in [-0.3, -0.25) is 14.2 Å². The monoisotopic (exact) mass is 982 g/mol. The third kappa shape index (κ3) is 53.8. The van der Waals surface area contributed by atoms with E-state index >= 15 is 0 Å². The van der Waals surface area contributed by atoms with E-state index in [1.807, 2.05) is 21.1 Å². The van der Waals surface area contributed by atoms with E-state index in [1.54, 1.807) is 0 Å². The van der Waals surface area contributed by atoms with E-state index < -0.39 is 26.5 Å². The highest BCUT2D eigenvalue weighted by Crippen LogP contribution is 2.38. The molecule has 68 heavy (non-hydrogen) atoms. The fraction of sp³-hybridized carbons (Fsp3) is 0.897. The van der Waals surface area contributed by atoms with Crippen LogP contribution in [0.25, 0.3) is 0 Å². The highest BCUT2D eigenvalue weighted by Gasteiger charge is 2.22. The van der Waals surface area contributed by atoms with E-state index in [-0.39, 0.29) is 32.0 Å². The summed E-state index contributed by atoms with van der Waals surface area (Å²) in [4.78, 5) is 37.7. The first-order valence-electron chi connectivity index (χ1n) is 29.0. The van der Waals surface area contributed by atoms with Crippen LogP contribution in [0.2, 0.25) is 0 Å². The topological polar surface area (TPSA) is 111 Å². The maximum absolute atomic E-state index is 12.8. The number of phosphoric acid groups is 1. The number of phosphoric ester groups is 1. The third-order valence-electron chi connectivity index (χ3n) is 12.9. The molecule has 0 aliphatic carbocycles. The minimum absolute atomic E-state index is 0.0296. The fourth-order valence-electron chi connectivity index (χ4n) is 8.40. The van der Waals surface area contributed by atoms with Gasteiger partial charge in [-0.15, -0.1) is 0 Å². The van der Waals surface area contributed by atoms with Crippen LogP contribution in [0.4, 0.5) is 0 Å². The van der Waals surface area contributed by atoms with Gasteiger partial charge in [-0.2, -0.15) is 0 Å². The van der Waals surface area contributed by atoms with Crippen LogP contribution >= 0.6 is 7.82 Å². The van der Waals surface area contributed by atoms with Crippen molar-refractivity contribution in [1.29, 1.82) is 0 Å². The number of esters is 2. The number of carbonyl (C=O) groups is 2. The number of unbranched alkanes of at least 4 members (excludes halogenated alkanes) is 36. The van der Waals surface area contributed by atoms with Crippen molar-refractivity contribution in [2.75, 3.05) is 47.5 Å². The van der Waals surface area contributed by atoms with Crippen molar-refractivity contribution in [2.45, 2.75) is 290 Å². The van der Waals surface area contributed by atoms with Gasteiger partial charge in [0.1, 0.15) is 19.8 Å². The van der Waals surface area contributed by atoms with Crippen molar-refractivity contribution < 1.29 is 42.1 Å². The number of hydrogen-bond donors (Lipinski definition) is 0. The Kier molecular flexibility index (Phi) is 49.3. The van der Waals surface area contributed by atoms with Gasteiger partial charge in [0.15, 0.2) is 6.10 Å². The summed E-state index contributed by atoms with van der Waals surface area (Å²) in [5, 5.41) is 0. The van der Waals surface area contributed by atoms with Gasteiger partial charge in [0.25, 0.3) is 7.82 Å². The smallest absolute Gasteiger partial charge is 0.306 e. The third-order valence-corrected chi connectivity index (χ3v) is 13.9. The summed E-state index contributed by atoms with van der Waals surface area (Å²) >= 11 is 0. The number of hydrogen-bond acceptors (Lipinski definition) is 8. The summed E-state index contributed by atoms with van der Waals surface area (Å²) in [7, 11) is 1.17. The van der Waals surface area contributed by atoms with Gasteiger partial charge in [-0.05, 0) is 57.8 Å². The lowest BCUT2D eigenvalue weighted by atomic mass is 10.0. The molecule has 9 nitrogen and oxygen atoms in total. The lowest BCUT2D eigenvalue weighted by molar-refractivity contribution is -0.870. The molecule has 0 saturated heterocycles. The molecule has 0 spiro atoms. The molecule has 0 rings (SSSR count). The van der Waals surface area contributed by atoms with Crippen LogP contribution in [-0.4, -0.2) is 70.0 Å². The standard InChI is InChI=1S/C58H112NO8P/c1-6-8-10-12-14-16-18-19-20-21-22-23-24-25-26-27-28-29-30-31-32-33-34-35-36-37-38-39-41-43-45-47-49-51-58(61)67-56(55-66-68(62,63)65-53-52-59(3,4)5)54-64-57(60)50-48-46-44-42-40-17-15-13-11-9-7-2/h13,15,21-22,56H,6-12,14,16-20,23-55H2,1-5H3/b15-13-,22-21-. The predicted octanol–water partition coefficient (Wildman–Crippen LogP) is 17.2. The van der Waals surface area contributed by atoms with Crippen LogP contribution in [0.1, 0.15) is 284 Å². The van der Waals surface area contributed by atoms with Crippen molar-refractivity contribution in [3.63, 3.8) is 0 Å². The van der Waals surface area contributed by atoms with Crippen molar-refractivity contribution in [3.05, 3.63) is 24.3 Å². The van der Waals surface area contributed by atoms with Crippen LogP contribution < -0.4 is 4.89 Å². The second-order valence-electron chi connectivity index (χ2n) is 21.0. The number of allylic oxidation sites excluding steroid dienone is 4. The van der Waals surface area contributed by atoms with E-state index in [1.165, 1.54) is 193 Å². The Morgan fingerprint density at radius 2 is 0.765 bits per heavy atom. The molecule has 0 bridgehead atoms. The molecule has 0 aromatic carbocycles. The van der Waals surface area contributed by atoms with E-state index in [4.69, 9.17) is 18.5 Å². The lowest BCUT2D eigenvalue weighted by Crippen LogP contribution is -2.37. The molecule has 0 N–H and O–H groups in total. The molecule has 0 aromatic heterocycles. The summed E-state index contributed by atoms with van der Waals surface area (Å²) in [6, 6.07) is 0. The van der Waals surface area contributed by atoms with Crippen LogP contribution in [0.15, 0.2) is 24.3 Å². The maximum Gasteiger partial charge on any atom is 0.306 e. The summed E-state index contributed by atoms with van der Waals surface area (Å²) < 4.78 is 34.0. The summed E-state index contributed by atoms with van der Waals surface area (Å²) in [6.07, 6.45) is 59.7. The quantitative estimate of drug-likeness (QED) is 0.0195. The Morgan fingerprint density at radius 3 is 1.13 bits per heavy atom.